The van der Waals surface area contributed by atoms with Gasteiger partial charge in [0, 0.05) is 23.8 Å². The summed E-state index contributed by atoms with van der Waals surface area (Å²) >= 11 is 1.45. The van der Waals surface area contributed by atoms with E-state index in [0.29, 0.717) is 0 Å². The van der Waals surface area contributed by atoms with Crippen molar-refractivity contribution < 1.29 is 9.90 Å². The number of hydrogen-bond acceptors (Lipinski definition) is 5. The molecule has 0 aromatic carbocycles. The first-order valence-corrected chi connectivity index (χ1v) is 5.91. The lowest BCUT2D eigenvalue weighted by atomic mass is 10.3. The lowest BCUT2D eigenvalue weighted by Crippen LogP contribution is -2.28. The van der Waals surface area contributed by atoms with Gasteiger partial charge in [-0.05, 0) is 11.4 Å². The molecule has 2 aromatic heterocycles. The Hall–Kier alpha value is -1.79. The largest absolute Gasteiger partial charge is 0.386 e. The first-order valence-electron chi connectivity index (χ1n) is 5.03. The molecule has 2 aromatic rings. The minimum Gasteiger partial charge on any atom is -0.386 e. The van der Waals surface area contributed by atoms with Crippen LogP contribution in [0.25, 0.3) is 0 Å². The first kappa shape index (κ1) is 11.7. The molecule has 2 rings (SSSR count). The summed E-state index contributed by atoms with van der Waals surface area (Å²) in [6.45, 7) is 0.163. The molecule has 1 atom stereocenters. The fraction of sp³-hybridized carbons (Fsp3) is 0.182. The third-order valence-electron chi connectivity index (χ3n) is 2.12. The second-order valence-electron chi connectivity index (χ2n) is 3.33. The fourth-order valence-electron chi connectivity index (χ4n) is 1.28. The zero-order valence-electron chi connectivity index (χ0n) is 8.91. The van der Waals surface area contributed by atoms with Crippen LogP contribution >= 0.6 is 11.3 Å². The average Bonchev–Trinajstić information content (AvgIpc) is 2.90. The molecule has 0 saturated heterocycles. The number of thiophene rings is 1. The average molecular weight is 249 g/mol. The number of hydrogen-bond donors (Lipinski definition) is 2. The fourth-order valence-corrected chi connectivity index (χ4v) is 1.99. The van der Waals surface area contributed by atoms with Crippen molar-refractivity contribution in [1.82, 2.24) is 15.3 Å². The SMILES string of the molecule is O=C(NCC(O)c1cccs1)c1cnccn1. The van der Waals surface area contributed by atoms with E-state index in [-0.39, 0.29) is 18.1 Å². The van der Waals surface area contributed by atoms with E-state index in [4.69, 9.17) is 0 Å². The predicted molar refractivity (Wildman–Crippen MR) is 63.6 cm³/mol. The van der Waals surface area contributed by atoms with Crippen molar-refractivity contribution in [3.05, 3.63) is 46.7 Å². The monoisotopic (exact) mass is 249 g/mol. The van der Waals surface area contributed by atoms with Crippen molar-refractivity contribution in [2.75, 3.05) is 6.54 Å². The standard InChI is InChI=1S/C11H11N3O2S/c15-9(10-2-1-5-17-10)7-14-11(16)8-6-12-3-4-13-8/h1-6,9,15H,7H2,(H,14,16). The molecule has 0 aliphatic heterocycles. The summed E-state index contributed by atoms with van der Waals surface area (Å²) < 4.78 is 0. The van der Waals surface area contributed by atoms with Gasteiger partial charge in [0.25, 0.3) is 5.91 Å². The van der Waals surface area contributed by atoms with Crippen LogP contribution in [0.15, 0.2) is 36.1 Å². The van der Waals surface area contributed by atoms with Crippen molar-refractivity contribution in [1.29, 1.82) is 0 Å². The van der Waals surface area contributed by atoms with E-state index in [1.807, 2.05) is 17.5 Å². The second kappa shape index (κ2) is 5.51. The molecule has 1 amide bonds. The molecule has 2 N–H and O–H groups in total. The van der Waals surface area contributed by atoms with Gasteiger partial charge in [-0.15, -0.1) is 11.3 Å². The molecule has 5 nitrogen and oxygen atoms in total. The minimum atomic E-state index is -0.685. The van der Waals surface area contributed by atoms with E-state index in [9.17, 15) is 9.90 Å². The Morgan fingerprint density at radius 3 is 3.06 bits per heavy atom. The van der Waals surface area contributed by atoms with Gasteiger partial charge in [0.05, 0.1) is 6.20 Å². The van der Waals surface area contributed by atoms with Crippen LogP contribution in [0.3, 0.4) is 0 Å². The van der Waals surface area contributed by atoms with Gasteiger partial charge < -0.3 is 10.4 Å². The van der Waals surface area contributed by atoms with Crippen molar-refractivity contribution >= 4 is 17.2 Å². The van der Waals surface area contributed by atoms with Crippen LogP contribution in [0.4, 0.5) is 0 Å². The second-order valence-corrected chi connectivity index (χ2v) is 4.31. The van der Waals surface area contributed by atoms with E-state index in [0.717, 1.165) is 4.88 Å². The number of nitrogens with zero attached hydrogens (tertiary/aromatic N) is 2. The van der Waals surface area contributed by atoms with Crippen LogP contribution in [0.2, 0.25) is 0 Å². The van der Waals surface area contributed by atoms with Gasteiger partial charge in [0.2, 0.25) is 0 Å². The molecule has 2 heterocycles. The maximum absolute atomic E-state index is 11.6. The number of nitrogens with one attached hydrogen (secondary N) is 1. The molecule has 0 radical (unpaired) electrons. The number of carbonyl (C=O) groups is 1. The summed E-state index contributed by atoms with van der Waals surface area (Å²) in [4.78, 5) is 20.1. The summed E-state index contributed by atoms with van der Waals surface area (Å²) in [6.07, 6.45) is 3.64. The Morgan fingerprint density at radius 1 is 1.53 bits per heavy atom. The molecule has 17 heavy (non-hydrogen) atoms. The van der Waals surface area contributed by atoms with Crippen molar-refractivity contribution in [3.63, 3.8) is 0 Å². The van der Waals surface area contributed by atoms with Crippen LogP contribution in [0.5, 0.6) is 0 Å². The predicted octanol–water partition coefficient (Wildman–Crippen LogP) is 1.00. The Bertz CT molecular complexity index is 473. The highest BCUT2D eigenvalue weighted by molar-refractivity contribution is 7.10. The van der Waals surface area contributed by atoms with Gasteiger partial charge in [-0.3, -0.25) is 9.78 Å². The van der Waals surface area contributed by atoms with Gasteiger partial charge in [0.15, 0.2) is 0 Å². The molecule has 88 valence electrons. The first-order chi connectivity index (χ1) is 8.27. The minimum absolute atomic E-state index is 0.163. The quantitative estimate of drug-likeness (QED) is 0.847. The third kappa shape index (κ3) is 3.08. The topological polar surface area (TPSA) is 75.1 Å². The van der Waals surface area contributed by atoms with E-state index < -0.39 is 6.10 Å². The van der Waals surface area contributed by atoms with Crippen LogP contribution in [-0.2, 0) is 0 Å². The highest BCUT2D eigenvalue weighted by Gasteiger charge is 2.12. The zero-order valence-corrected chi connectivity index (χ0v) is 9.72. The molecular weight excluding hydrogens is 238 g/mol. The molecule has 6 heteroatoms. The van der Waals surface area contributed by atoms with E-state index in [2.05, 4.69) is 15.3 Å². The van der Waals surface area contributed by atoms with Crippen molar-refractivity contribution in [2.45, 2.75) is 6.10 Å². The number of carbonyl (C=O) groups excluding carboxylic acids is 1. The number of aliphatic hydroxyl groups is 1. The summed E-state index contributed by atoms with van der Waals surface area (Å²) in [6, 6.07) is 3.68. The van der Waals surface area contributed by atoms with Gasteiger partial charge in [-0.25, -0.2) is 4.98 Å². The smallest absolute Gasteiger partial charge is 0.271 e. The normalized spacial score (nSPS) is 12.1. The zero-order chi connectivity index (χ0) is 12.1. The lowest BCUT2D eigenvalue weighted by molar-refractivity contribution is 0.0912. The molecule has 0 aliphatic rings. The summed E-state index contributed by atoms with van der Waals surface area (Å²) in [5, 5.41) is 14.2. The Labute approximate surface area is 102 Å². The molecule has 1 unspecified atom stereocenters. The molecular formula is C11H11N3O2S. The maximum Gasteiger partial charge on any atom is 0.271 e. The van der Waals surface area contributed by atoms with Crippen molar-refractivity contribution in [3.8, 4) is 0 Å². The van der Waals surface area contributed by atoms with Gasteiger partial charge in [-0.1, -0.05) is 6.07 Å². The molecule has 0 bridgehead atoms. The summed E-state index contributed by atoms with van der Waals surface area (Å²) in [7, 11) is 0. The van der Waals surface area contributed by atoms with Gasteiger partial charge in [-0.2, -0.15) is 0 Å². The van der Waals surface area contributed by atoms with E-state index >= 15 is 0 Å². The van der Waals surface area contributed by atoms with E-state index in [1.165, 1.54) is 29.9 Å². The summed E-state index contributed by atoms with van der Waals surface area (Å²) in [5.74, 6) is -0.339. The highest BCUT2D eigenvalue weighted by Crippen LogP contribution is 2.17. The molecule has 0 saturated carbocycles. The van der Waals surface area contributed by atoms with Crippen molar-refractivity contribution in [2.24, 2.45) is 0 Å². The molecule has 0 fully saturated rings. The molecule has 0 aliphatic carbocycles. The summed E-state index contributed by atoms with van der Waals surface area (Å²) in [5.41, 5.74) is 0.242. The maximum atomic E-state index is 11.6. The number of rotatable bonds is 4. The lowest BCUT2D eigenvalue weighted by Gasteiger charge is -2.09. The Kier molecular flexibility index (Phi) is 3.79. The highest BCUT2D eigenvalue weighted by atomic mass is 32.1. The Balaban J connectivity index is 1.89. The van der Waals surface area contributed by atoms with Gasteiger partial charge in [0.1, 0.15) is 11.8 Å². The van der Waals surface area contributed by atoms with E-state index in [1.54, 1.807) is 0 Å². The Morgan fingerprint density at radius 2 is 2.41 bits per heavy atom. The number of amides is 1. The van der Waals surface area contributed by atoms with Gasteiger partial charge >= 0.3 is 0 Å². The number of aliphatic hydroxyl groups excluding tert-OH is 1. The number of aromatic nitrogens is 2. The third-order valence-corrected chi connectivity index (χ3v) is 3.10. The van der Waals surface area contributed by atoms with Crippen LogP contribution in [0, 0.1) is 0 Å². The van der Waals surface area contributed by atoms with Crippen LogP contribution in [0.1, 0.15) is 21.5 Å². The van der Waals surface area contributed by atoms with Crippen LogP contribution < -0.4 is 5.32 Å². The molecule has 0 spiro atoms. The van der Waals surface area contributed by atoms with Crippen LogP contribution in [-0.4, -0.2) is 27.5 Å².